The van der Waals surface area contributed by atoms with E-state index < -0.39 is 0 Å². The van der Waals surface area contributed by atoms with E-state index in [1.54, 1.807) is 16.9 Å². The van der Waals surface area contributed by atoms with Crippen LogP contribution in [0.15, 0.2) is 54.9 Å². The number of rotatable bonds is 6. The molecule has 0 unspecified atom stereocenters. The number of aromatic nitrogens is 4. The van der Waals surface area contributed by atoms with Crippen molar-refractivity contribution in [3.05, 3.63) is 60.4 Å². The van der Waals surface area contributed by atoms with Gasteiger partial charge >= 0.3 is 0 Å². The number of carbonyl (C=O) groups is 1. The van der Waals surface area contributed by atoms with Crippen LogP contribution in [0.5, 0.6) is 0 Å². The summed E-state index contributed by atoms with van der Waals surface area (Å²) in [6.45, 7) is 3.25. The van der Waals surface area contributed by atoms with Crippen LogP contribution in [-0.4, -0.2) is 45.5 Å². The molecule has 0 bridgehead atoms. The van der Waals surface area contributed by atoms with Gasteiger partial charge in [0.15, 0.2) is 5.82 Å². The van der Waals surface area contributed by atoms with E-state index in [0.717, 1.165) is 30.2 Å². The quantitative estimate of drug-likeness (QED) is 0.729. The van der Waals surface area contributed by atoms with Crippen LogP contribution in [0.2, 0.25) is 0 Å². The summed E-state index contributed by atoms with van der Waals surface area (Å²) in [7, 11) is 0. The molecule has 138 valence electrons. The van der Waals surface area contributed by atoms with Crippen molar-refractivity contribution in [3.8, 4) is 11.3 Å². The van der Waals surface area contributed by atoms with E-state index in [1.807, 2.05) is 42.6 Å². The number of amides is 1. The Morgan fingerprint density at radius 3 is 2.70 bits per heavy atom. The van der Waals surface area contributed by atoms with E-state index in [2.05, 4.69) is 25.5 Å². The maximum atomic E-state index is 12.4. The Hall–Kier alpha value is -3.22. The summed E-state index contributed by atoms with van der Waals surface area (Å²) in [6, 6.07) is 13.3. The van der Waals surface area contributed by atoms with Gasteiger partial charge in [-0.15, -0.1) is 10.2 Å². The summed E-state index contributed by atoms with van der Waals surface area (Å²) in [5, 5.41) is 15.8. The Labute approximate surface area is 158 Å². The summed E-state index contributed by atoms with van der Waals surface area (Å²) in [6.07, 6.45) is 6.01. The van der Waals surface area contributed by atoms with Crippen molar-refractivity contribution in [2.24, 2.45) is 0 Å². The molecule has 1 aromatic carbocycles. The molecule has 27 heavy (non-hydrogen) atoms. The van der Waals surface area contributed by atoms with Gasteiger partial charge in [-0.3, -0.25) is 9.48 Å². The maximum Gasteiger partial charge on any atom is 0.251 e. The molecule has 2 aromatic heterocycles. The highest BCUT2D eigenvalue weighted by Crippen LogP contribution is 2.21. The zero-order valence-corrected chi connectivity index (χ0v) is 15.1. The average molecular weight is 362 g/mol. The second-order valence-electron chi connectivity index (χ2n) is 6.58. The first-order valence-electron chi connectivity index (χ1n) is 9.24. The summed E-state index contributed by atoms with van der Waals surface area (Å²) in [5.41, 5.74) is 2.26. The third kappa shape index (κ3) is 4.13. The molecular weight excluding hydrogens is 340 g/mol. The van der Waals surface area contributed by atoms with Crippen LogP contribution in [-0.2, 0) is 6.54 Å². The monoisotopic (exact) mass is 362 g/mol. The van der Waals surface area contributed by atoms with Gasteiger partial charge in [0.25, 0.3) is 5.91 Å². The van der Waals surface area contributed by atoms with Crippen LogP contribution >= 0.6 is 0 Å². The molecule has 0 atom stereocenters. The molecule has 3 aromatic rings. The fraction of sp³-hybridized carbons (Fsp3) is 0.300. The lowest BCUT2D eigenvalue weighted by atomic mass is 10.1. The van der Waals surface area contributed by atoms with Gasteiger partial charge in [-0.1, -0.05) is 12.1 Å². The molecule has 1 aliphatic rings. The van der Waals surface area contributed by atoms with Crippen LogP contribution in [0.1, 0.15) is 23.2 Å². The number of nitrogens with zero attached hydrogens (tertiary/aromatic N) is 5. The molecular formula is C20H22N6O. The number of anilines is 1. The molecule has 7 nitrogen and oxygen atoms in total. The molecule has 4 rings (SSSR count). The molecule has 7 heteroatoms. The van der Waals surface area contributed by atoms with Crippen molar-refractivity contribution in [3.63, 3.8) is 0 Å². The standard InChI is InChI=1S/C20H22N6O/c27-20(21-10-14-26-13-4-9-22-26)17-6-3-5-16(15-17)18-7-8-19(24-23-18)25-11-1-2-12-25/h3-9,13,15H,1-2,10-12,14H2,(H,21,27). The van der Waals surface area contributed by atoms with Gasteiger partial charge in [0.2, 0.25) is 0 Å². The van der Waals surface area contributed by atoms with Gasteiger partial charge in [0.1, 0.15) is 0 Å². The number of hydrogen-bond acceptors (Lipinski definition) is 5. The van der Waals surface area contributed by atoms with Gasteiger partial charge in [0.05, 0.1) is 12.2 Å². The topological polar surface area (TPSA) is 75.9 Å². The fourth-order valence-corrected chi connectivity index (χ4v) is 3.23. The van der Waals surface area contributed by atoms with Crippen LogP contribution < -0.4 is 10.2 Å². The van der Waals surface area contributed by atoms with Crippen molar-refractivity contribution in [2.75, 3.05) is 24.5 Å². The van der Waals surface area contributed by atoms with Crippen LogP contribution in [0, 0.1) is 0 Å². The largest absolute Gasteiger partial charge is 0.355 e. The van der Waals surface area contributed by atoms with Gasteiger partial charge in [0, 0.05) is 43.2 Å². The molecule has 1 amide bonds. The van der Waals surface area contributed by atoms with Crippen LogP contribution in [0.3, 0.4) is 0 Å². The summed E-state index contributed by atoms with van der Waals surface area (Å²) in [5.74, 6) is 0.814. The van der Waals surface area contributed by atoms with E-state index in [4.69, 9.17) is 0 Å². The average Bonchev–Trinajstić information content (AvgIpc) is 3.42. The first kappa shape index (κ1) is 17.2. The van der Waals surface area contributed by atoms with Crippen molar-refractivity contribution in [1.29, 1.82) is 0 Å². The lowest BCUT2D eigenvalue weighted by Crippen LogP contribution is -2.27. The zero-order valence-electron chi connectivity index (χ0n) is 15.1. The highest BCUT2D eigenvalue weighted by atomic mass is 16.1. The van der Waals surface area contributed by atoms with Crippen molar-refractivity contribution < 1.29 is 4.79 Å². The minimum Gasteiger partial charge on any atom is -0.355 e. The van der Waals surface area contributed by atoms with E-state index >= 15 is 0 Å². The number of hydrogen-bond donors (Lipinski definition) is 1. The molecule has 3 heterocycles. The molecule has 0 saturated carbocycles. The lowest BCUT2D eigenvalue weighted by molar-refractivity contribution is 0.0952. The lowest BCUT2D eigenvalue weighted by Gasteiger charge is -2.15. The van der Waals surface area contributed by atoms with E-state index in [9.17, 15) is 4.79 Å². The van der Waals surface area contributed by atoms with Gasteiger partial charge < -0.3 is 10.2 Å². The maximum absolute atomic E-state index is 12.4. The third-order valence-corrected chi connectivity index (χ3v) is 4.69. The van der Waals surface area contributed by atoms with Gasteiger partial charge in [-0.05, 0) is 43.2 Å². The Morgan fingerprint density at radius 2 is 1.96 bits per heavy atom. The highest BCUT2D eigenvalue weighted by molar-refractivity contribution is 5.95. The Morgan fingerprint density at radius 1 is 1.07 bits per heavy atom. The van der Waals surface area contributed by atoms with E-state index in [1.165, 1.54) is 12.8 Å². The number of carbonyl (C=O) groups excluding carboxylic acids is 1. The predicted octanol–water partition coefficient (Wildman–Crippen LogP) is 2.37. The molecule has 0 radical (unpaired) electrons. The van der Waals surface area contributed by atoms with Crippen molar-refractivity contribution >= 4 is 11.7 Å². The van der Waals surface area contributed by atoms with Crippen LogP contribution in [0.25, 0.3) is 11.3 Å². The first-order chi connectivity index (χ1) is 13.3. The Balaban J connectivity index is 1.41. The zero-order chi connectivity index (χ0) is 18.5. The summed E-state index contributed by atoms with van der Waals surface area (Å²) in [4.78, 5) is 14.7. The Bertz CT molecular complexity index is 885. The second-order valence-corrected chi connectivity index (χ2v) is 6.58. The predicted molar refractivity (Wildman–Crippen MR) is 103 cm³/mol. The molecule has 1 fully saturated rings. The third-order valence-electron chi connectivity index (χ3n) is 4.69. The highest BCUT2D eigenvalue weighted by Gasteiger charge is 2.14. The second kappa shape index (κ2) is 7.99. The molecule has 1 aliphatic heterocycles. The molecule has 0 aliphatic carbocycles. The van der Waals surface area contributed by atoms with Gasteiger partial charge in [-0.2, -0.15) is 5.10 Å². The normalized spacial score (nSPS) is 13.7. The van der Waals surface area contributed by atoms with E-state index in [-0.39, 0.29) is 5.91 Å². The minimum atomic E-state index is -0.106. The van der Waals surface area contributed by atoms with Crippen LogP contribution in [0.4, 0.5) is 5.82 Å². The summed E-state index contributed by atoms with van der Waals surface area (Å²) >= 11 is 0. The smallest absolute Gasteiger partial charge is 0.251 e. The minimum absolute atomic E-state index is 0.106. The summed E-state index contributed by atoms with van der Waals surface area (Å²) < 4.78 is 1.79. The Kier molecular flexibility index (Phi) is 5.09. The van der Waals surface area contributed by atoms with E-state index in [0.29, 0.717) is 18.7 Å². The van der Waals surface area contributed by atoms with Crippen molar-refractivity contribution in [2.45, 2.75) is 19.4 Å². The number of benzene rings is 1. The SMILES string of the molecule is O=C(NCCn1cccn1)c1cccc(-c2ccc(N3CCCC3)nn2)c1. The molecule has 1 saturated heterocycles. The first-order valence-corrected chi connectivity index (χ1v) is 9.24. The number of nitrogens with one attached hydrogen (secondary N) is 1. The molecule has 1 N–H and O–H groups in total. The fourth-order valence-electron chi connectivity index (χ4n) is 3.23. The van der Waals surface area contributed by atoms with Crippen molar-refractivity contribution in [1.82, 2.24) is 25.3 Å². The van der Waals surface area contributed by atoms with Gasteiger partial charge in [-0.25, -0.2) is 0 Å². The molecule has 0 spiro atoms.